The van der Waals surface area contributed by atoms with Crippen molar-refractivity contribution in [2.75, 3.05) is 7.11 Å². The maximum atomic E-state index is 10.3. The Morgan fingerprint density at radius 3 is 2.78 bits per heavy atom. The van der Waals surface area contributed by atoms with Crippen LogP contribution >= 0.6 is 23.2 Å². The van der Waals surface area contributed by atoms with Crippen molar-refractivity contribution in [2.45, 2.75) is 6.10 Å². The molecular weight excluding hydrogens is 273 g/mol. The molecule has 1 aromatic heterocycles. The molecule has 1 N–H and O–H groups in total. The summed E-state index contributed by atoms with van der Waals surface area (Å²) in [4.78, 5) is 4.12. The fourth-order valence-electron chi connectivity index (χ4n) is 1.65. The average molecular weight is 284 g/mol. The third-order valence-corrected chi connectivity index (χ3v) is 3.11. The predicted molar refractivity (Wildman–Crippen MR) is 71.3 cm³/mol. The molecule has 18 heavy (non-hydrogen) atoms. The van der Waals surface area contributed by atoms with Crippen LogP contribution in [0.3, 0.4) is 0 Å². The number of pyridine rings is 1. The monoisotopic (exact) mass is 283 g/mol. The Labute approximate surface area is 115 Å². The van der Waals surface area contributed by atoms with Gasteiger partial charge in [-0.05, 0) is 30.3 Å². The van der Waals surface area contributed by atoms with Crippen LogP contribution in [0, 0.1) is 0 Å². The molecule has 1 heterocycles. The number of hydrogen-bond donors (Lipinski definition) is 1. The summed E-state index contributed by atoms with van der Waals surface area (Å²) in [6.07, 6.45) is 0.604. The topological polar surface area (TPSA) is 42.4 Å². The number of aliphatic hydroxyl groups is 1. The molecule has 0 aliphatic rings. The summed E-state index contributed by atoms with van der Waals surface area (Å²) in [7, 11) is 1.52. The van der Waals surface area contributed by atoms with Gasteiger partial charge in [-0.2, -0.15) is 0 Å². The van der Waals surface area contributed by atoms with Crippen LogP contribution in [0.15, 0.2) is 36.5 Å². The molecule has 0 aliphatic heterocycles. The molecule has 3 nitrogen and oxygen atoms in total. The smallest absolute Gasteiger partial charge is 0.143 e. The molecule has 0 spiro atoms. The molecule has 5 heteroatoms. The summed E-state index contributed by atoms with van der Waals surface area (Å²) in [6, 6.07) is 8.37. The maximum absolute atomic E-state index is 10.3. The number of halogens is 2. The SMILES string of the molecule is COc1cccnc1C(O)c1cc(Cl)ccc1Cl. The summed E-state index contributed by atoms with van der Waals surface area (Å²) >= 11 is 11.9. The number of methoxy groups -OCH3 is 1. The van der Waals surface area contributed by atoms with E-state index in [1.165, 1.54) is 7.11 Å². The summed E-state index contributed by atoms with van der Waals surface area (Å²) < 4.78 is 5.16. The second-order valence-electron chi connectivity index (χ2n) is 3.66. The molecule has 1 unspecified atom stereocenters. The molecule has 0 saturated carbocycles. The lowest BCUT2D eigenvalue weighted by atomic mass is 10.1. The van der Waals surface area contributed by atoms with Gasteiger partial charge < -0.3 is 9.84 Å². The quantitative estimate of drug-likeness (QED) is 0.938. The minimum absolute atomic E-state index is 0.407. The zero-order valence-electron chi connectivity index (χ0n) is 9.60. The van der Waals surface area contributed by atoms with E-state index >= 15 is 0 Å². The highest BCUT2D eigenvalue weighted by atomic mass is 35.5. The molecule has 2 rings (SSSR count). The second-order valence-corrected chi connectivity index (χ2v) is 4.50. The number of aromatic nitrogens is 1. The van der Waals surface area contributed by atoms with Crippen LogP contribution in [0.25, 0.3) is 0 Å². The van der Waals surface area contributed by atoms with Crippen LogP contribution in [0.5, 0.6) is 5.75 Å². The van der Waals surface area contributed by atoms with Crippen LogP contribution in [0.1, 0.15) is 17.4 Å². The van der Waals surface area contributed by atoms with Crippen LogP contribution in [0.4, 0.5) is 0 Å². The zero-order chi connectivity index (χ0) is 13.1. The Hall–Kier alpha value is -1.29. The summed E-state index contributed by atoms with van der Waals surface area (Å²) in [5.74, 6) is 0.501. The summed E-state index contributed by atoms with van der Waals surface area (Å²) in [6.45, 7) is 0. The van der Waals surface area contributed by atoms with E-state index in [9.17, 15) is 5.11 Å². The van der Waals surface area contributed by atoms with Gasteiger partial charge in [0.1, 0.15) is 17.5 Å². The summed E-state index contributed by atoms with van der Waals surface area (Å²) in [5, 5.41) is 11.3. The first-order chi connectivity index (χ1) is 8.63. The van der Waals surface area contributed by atoms with Gasteiger partial charge in [0.05, 0.1) is 7.11 Å². The van der Waals surface area contributed by atoms with E-state index < -0.39 is 6.10 Å². The van der Waals surface area contributed by atoms with Crippen molar-refractivity contribution in [1.29, 1.82) is 0 Å². The first-order valence-electron chi connectivity index (χ1n) is 5.25. The fraction of sp³-hybridized carbons (Fsp3) is 0.154. The van der Waals surface area contributed by atoms with Gasteiger partial charge in [-0.25, -0.2) is 0 Å². The second kappa shape index (κ2) is 5.57. The number of rotatable bonds is 3. The summed E-state index contributed by atoms with van der Waals surface area (Å²) in [5.41, 5.74) is 0.908. The Morgan fingerprint density at radius 2 is 2.06 bits per heavy atom. The van der Waals surface area contributed by atoms with Crippen molar-refractivity contribution in [3.05, 3.63) is 57.8 Å². The molecule has 1 atom stereocenters. The number of ether oxygens (including phenoxy) is 1. The van der Waals surface area contributed by atoms with Crippen LogP contribution < -0.4 is 4.74 Å². The van der Waals surface area contributed by atoms with E-state index in [2.05, 4.69) is 4.98 Å². The average Bonchev–Trinajstić information content (AvgIpc) is 2.40. The third kappa shape index (κ3) is 2.58. The van der Waals surface area contributed by atoms with Gasteiger partial charge in [0, 0.05) is 21.8 Å². The van der Waals surface area contributed by atoms with Crippen molar-refractivity contribution in [1.82, 2.24) is 4.98 Å². The Kier molecular flexibility index (Phi) is 4.07. The lowest BCUT2D eigenvalue weighted by molar-refractivity contribution is 0.209. The van der Waals surface area contributed by atoms with Gasteiger partial charge in [-0.1, -0.05) is 23.2 Å². The molecule has 0 bridgehead atoms. The molecule has 0 amide bonds. The molecule has 1 aromatic carbocycles. The minimum Gasteiger partial charge on any atom is -0.495 e. The third-order valence-electron chi connectivity index (χ3n) is 2.53. The van der Waals surface area contributed by atoms with Gasteiger partial charge in [0.15, 0.2) is 0 Å². The van der Waals surface area contributed by atoms with Crippen LogP contribution in [-0.2, 0) is 0 Å². The Bertz CT molecular complexity index is 560. The molecule has 0 saturated heterocycles. The first kappa shape index (κ1) is 13.1. The van der Waals surface area contributed by atoms with Crippen molar-refractivity contribution < 1.29 is 9.84 Å². The van der Waals surface area contributed by atoms with Gasteiger partial charge in [0.25, 0.3) is 0 Å². The van der Waals surface area contributed by atoms with Gasteiger partial charge in [-0.15, -0.1) is 0 Å². The lowest BCUT2D eigenvalue weighted by Gasteiger charge is -2.15. The van der Waals surface area contributed by atoms with Crippen LogP contribution in [-0.4, -0.2) is 17.2 Å². The van der Waals surface area contributed by atoms with Crippen molar-refractivity contribution in [2.24, 2.45) is 0 Å². The van der Waals surface area contributed by atoms with E-state index in [0.717, 1.165) is 0 Å². The highest BCUT2D eigenvalue weighted by Gasteiger charge is 2.19. The highest BCUT2D eigenvalue weighted by Crippen LogP contribution is 2.33. The number of benzene rings is 1. The molecule has 0 fully saturated rings. The predicted octanol–water partition coefficient (Wildman–Crippen LogP) is 3.48. The fourth-order valence-corrected chi connectivity index (χ4v) is 2.05. The van der Waals surface area contributed by atoms with E-state index in [1.54, 1.807) is 36.5 Å². The van der Waals surface area contributed by atoms with Crippen molar-refractivity contribution in [3.8, 4) is 5.75 Å². The van der Waals surface area contributed by atoms with Gasteiger partial charge in [-0.3, -0.25) is 4.98 Å². The molecule has 0 aliphatic carbocycles. The van der Waals surface area contributed by atoms with E-state index in [4.69, 9.17) is 27.9 Å². The lowest BCUT2D eigenvalue weighted by Crippen LogP contribution is -2.05. The van der Waals surface area contributed by atoms with Crippen molar-refractivity contribution >= 4 is 23.2 Å². The zero-order valence-corrected chi connectivity index (χ0v) is 11.1. The van der Waals surface area contributed by atoms with E-state index in [1.807, 2.05) is 0 Å². The van der Waals surface area contributed by atoms with E-state index in [-0.39, 0.29) is 0 Å². The minimum atomic E-state index is -0.979. The number of nitrogens with zero attached hydrogens (tertiary/aromatic N) is 1. The van der Waals surface area contributed by atoms with Crippen LogP contribution in [0.2, 0.25) is 10.0 Å². The number of hydrogen-bond acceptors (Lipinski definition) is 3. The maximum Gasteiger partial charge on any atom is 0.143 e. The van der Waals surface area contributed by atoms with Gasteiger partial charge >= 0.3 is 0 Å². The van der Waals surface area contributed by atoms with Gasteiger partial charge in [0.2, 0.25) is 0 Å². The Morgan fingerprint density at radius 1 is 1.28 bits per heavy atom. The number of aliphatic hydroxyl groups excluding tert-OH is 1. The largest absolute Gasteiger partial charge is 0.495 e. The molecule has 2 aromatic rings. The molecule has 0 radical (unpaired) electrons. The first-order valence-corrected chi connectivity index (χ1v) is 6.01. The normalized spacial score (nSPS) is 12.2. The van der Waals surface area contributed by atoms with E-state index in [0.29, 0.717) is 27.1 Å². The highest BCUT2D eigenvalue weighted by molar-refractivity contribution is 6.33. The standard InChI is InChI=1S/C13H11Cl2NO2/c1-18-11-3-2-6-16-12(11)13(17)9-7-8(14)4-5-10(9)15/h2-7,13,17H,1H3. The molecular formula is C13H11Cl2NO2. The van der Waals surface area contributed by atoms with Crippen molar-refractivity contribution in [3.63, 3.8) is 0 Å². The Balaban J connectivity index is 2.47. The molecule has 94 valence electrons.